The summed E-state index contributed by atoms with van der Waals surface area (Å²) in [5, 5.41) is 3.78. The summed E-state index contributed by atoms with van der Waals surface area (Å²) >= 11 is 1.54. The van der Waals surface area contributed by atoms with Gasteiger partial charge >= 0.3 is 0 Å². The van der Waals surface area contributed by atoms with Gasteiger partial charge in [-0.3, -0.25) is 4.79 Å². The zero-order chi connectivity index (χ0) is 20.8. The molecule has 4 nitrogen and oxygen atoms in total. The highest BCUT2D eigenvalue weighted by atomic mass is 32.1. The van der Waals surface area contributed by atoms with E-state index >= 15 is 0 Å². The summed E-state index contributed by atoms with van der Waals surface area (Å²) in [6.07, 6.45) is 8.52. The van der Waals surface area contributed by atoms with Crippen molar-refractivity contribution in [2.75, 3.05) is 12.4 Å². The molecule has 5 heteroatoms. The Hall–Kier alpha value is -2.66. The lowest BCUT2D eigenvalue weighted by molar-refractivity contribution is -0.119. The van der Waals surface area contributed by atoms with E-state index in [9.17, 15) is 4.79 Å². The molecule has 1 atom stereocenters. The summed E-state index contributed by atoms with van der Waals surface area (Å²) in [4.78, 5) is 18.9. The Morgan fingerprint density at radius 3 is 2.60 bits per heavy atom. The number of carbonyl (C=O) groups is 1. The number of thiazole rings is 1. The molecular weight excluding hydrogens is 392 g/mol. The molecule has 30 heavy (non-hydrogen) atoms. The van der Waals surface area contributed by atoms with Crippen molar-refractivity contribution in [3.8, 4) is 5.75 Å². The Morgan fingerprint density at radius 1 is 1.10 bits per heavy atom. The van der Waals surface area contributed by atoms with Gasteiger partial charge in [0.05, 0.1) is 13.0 Å². The molecule has 4 rings (SSSR count). The first-order chi connectivity index (χ1) is 14.7. The number of anilines is 1. The highest BCUT2D eigenvalue weighted by Gasteiger charge is 2.31. The molecule has 1 saturated carbocycles. The molecule has 0 spiro atoms. The molecular formula is C25H28N2O2S. The molecule has 156 valence electrons. The van der Waals surface area contributed by atoms with E-state index in [1.807, 2.05) is 42.6 Å². The van der Waals surface area contributed by atoms with E-state index < -0.39 is 0 Å². The third-order valence-corrected chi connectivity index (χ3v) is 6.82. The Balaban J connectivity index is 1.49. The van der Waals surface area contributed by atoms with Crippen LogP contribution in [-0.4, -0.2) is 18.0 Å². The second kappa shape index (κ2) is 9.90. The Kier molecular flexibility index (Phi) is 6.80. The fourth-order valence-electron chi connectivity index (χ4n) is 4.43. The van der Waals surface area contributed by atoms with E-state index in [1.54, 1.807) is 7.11 Å². The molecule has 1 heterocycles. The average molecular weight is 421 g/mol. The summed E-state index contributed by atoms with van der Waals surface area (Å²) in [5.41, 5.74) is 2.22. The van der Waals surface area contributed by atoms with Gasteiger partial charge in [0.15, 0.2) is 5.13 Å². The lowest BCUT2D eigenvalue weighted by Crippen LogP contribution is -2.28. The Morgan fingerprint density at radius 2 is 1.83 bits per heavy atom. The largest absolute Gasteiger partial charge is 0.496 e. The van der Waals surface area contributed by atoms with Gasteiger partial charge in [-0.25, -0.2) is 4.98 Å². The van der Waals surface area contributed by atoms with Crippen LogP contribution in [0, 0.1) is 5.92 Å². The van der Waals surface area contributed by atoms with Crippen molar-refractivity contribution in [1.82, 2.24) is 4.98 Å². The van der Waals surface area contributed by atoms with Crippen LogP contribution in [-0.2, 0) is 11.2 Å². The lowest BCUT2D eigenvalue weighted by atomic mass is 9.76. The highest BCUT2D eigenvalue weighted by Crippen LogP contribution is 2.37. The third-order valence-electron chi connectivity index (χ3n) is 5.90. The SMILES string of the molecule is COc1ccccc1Cc1cnc(NC(=O)C(c2ccccc2)C2CCCCC2)s1. The number of carbonyl (C=O) groups excluding carboxylic acids is 1. The van der Waals surface area contributed by atoms with Crippen molar-refractivity contribution >= 4 is 22.4 Å². The summed E-state index contributed by atoms with van der Waals surface area (Å²) in [5.74, 6) is 1.21. The van der Waals surface area contributed by atoms with Gasteiger partial charge in [-0.05, 0) is 36.0 Å². The average Bonchev–Trinajstić information content (AvgIpc) is 3.22. The van der Waals surface area contributed by atoms with Crippen LogP contribution in [0.15, 0.2) is 60.8 Å². The molecule has 1 fully saturated rings. The van der Waals surface area contributed by atoms with Crippen molar-refractivity contribution in [1.29, 1.82) is 0 Å². The zero-order valence-corrected chi connectivity index (χ0v) is 18.2. The fourth-order valence-corrected chi connectivity index (χ4v) is 5.27. The van der Waals surface area contributed by atoms with Gasteiger partial charge in [0, 0.05) is 17.5 Å². The molecule has 2 aromatic carbocycles. The number of ether oxygens (including phenoxy) is 1. The molecule has 0 saturated heterocycles. The minimum absolute atomic E-state index is 0.0614. The molecule has 1 aromatic heterocycles. The topological polar surface area (TPSA) is 51.2 Å². The lowest BCUT2D eigenvalue weighted by Gasteiger charge is -2.29. The first-order valence-electron chi connectivity index (χ1n) is 10.7. The van der Waals surface area contributed by atoms with Crippen molar-refractivity contribution < 1.29 is 9.53 Å². The molecule has 1 aliphatic carbocycles. The number of aromatic nitrogens is 1. The second-order valence-corrected chi connectivity index (χ2v) is 9.01. The number of hydrogen-bond acceptors (Lipinski definition) is 4. The Labute approximate surface area is 182 Å². The maximum absolute atomic E-state index is 13.3. The molecule has 0 aliphatic heterocycles. The predicted molar refractivity (Wildman–Crippen MR) is 122 cm³/mol. The molecule has 1 aliphatic rings. The van der Waals surface area contributed by atoms with Gasteiger partial charge in [0.25, 0.3) is 0 Å². The number of methoxy groups -OCH3 is 1. The molecule has 1 unspecified atom stereocenters. The number of rotatable bonds is 7. The van der Waals surface area contributed by atoms with Crippen LogP contribution in [0.2, 0.25) is 0 Å². The normalized spacial score (nSPS) is 15.5. The van der Waals surface area contributed by atoms with Crippen molar-refractivity contribution in [3.05, 3.63) is 76.8 Å². The van der Waals surface area contributed by atoms with Crippen LogP contribution in [0.3, 0.4) is 0 Å². The summed E-state index contributed by atoms with van der Waals surface area (Å²) in [7, 11) is 1.69. The van der Waals surface area contributed by atoms with Crippen LogP contribution >= 0.6 is 11.3 Å². The quantitative estimate of drug-likeness (QED) is 0.506. The summed E-state index contributed by atoms with van der Waals surface area (Å²) in [6, 6.07) is 18.2. The van der Waals surface area contributed by atoms with Crippen LogP contribution in [0.5, 0.6) is 5.75 Å². The van der Waals surface area contributed by atoms with Gasteiger partial charge in [-0.2, -0.15) is 0 Å². The van der Waals surface area contributed by atoms with Crippen LogP contribution in [0.4, 0.5) is 5.13 Å². The maximum Gasteiger partial charge on any atom is 0.233 e. The van der Waals surface area contributed by atoms with Gasteiger partial charge in [0.1, 0.15) is 5.75 Å². The monoisotopic (exact) mass is 420 g/mol. The highest BCUT2D eigenvalue weighted by molar-refractivity contribution is 7.15. The number of amides is 1. The predicted octanol–water partition coefficient (Wildman–Crippen LogP) is 6.05. The summed E-state index contributed by atoms with van der Waals surface area (Å²) in [6.45, 7) is 0. The smallest absolute Gasteiger partial charge is 0.233 e. The molecule has 1 N–H and O–H groups in total. The van der Waals surface area contributed by atoms with Crippen LogP contribution in [0.1, 0.15) is 54.0 Å². The minimum atomic E-state index is -0.118. The van der Waals surface area contributed by atoms with Gasteiger partial charge in [-0.15, -0.1) is 11.3 Å². The van der Waals surface area contributed by atoms with Gasteiger partial charge < -0.3 is 10.1 Å². The first kappa shape index (κ1) is 20.6. The van der Waals surface area contributed by atoms with E-state index in [2.05, 4.69) is 28.5 Å². The Bertz CT molecular complexity index is 964. The van der Waals surface area contributed by atoms with Crippen molar-refractivity contribution in [2.24, 2.45) is 5.92 Å². The van der Waals surface area contributed by atoms with E-state index in [4.69, 9.17) is 4.74 Å². The third kappa shape index (κ3) is 4.90. The number of nitrogens with zero attached hydrogens (tertiary/aromatic N) is 1. The van der Waals surface area contributed by atoms with E-state index in [0.717, 1.165) is 41.0 Å². The minimum Gasteiger partial charge on any atom is -0.496 e. The van der Waals surface area contributed by atoms with Crippen LogP contribution < -0.4 is 10.1 Å². The molecule has 1 amide bonds. The zero-order valence-electron chi connectivity index (χ0n) is 17.3. The molecule has 3 aromatic rings. The van der Waals surface area contributed by atoms with Crippen LogP contribution in [0.25, 0.3) is 0 Å². The number of benzene rings is 2. The van der Waals surface area contributed by atoms with Gasteiger partial charge in [-0.1, -0.05) is 67.8 Å². The number of para-hydroxylation sites is 1. The van der Waals surface area contributed by atoms with E-state index in [0.29, 0.717) is 11.0 Å². The van der Waals surface area contributed by atoms with Crippen molar-refractivity contribution in [2.45, 2.75) is 44.4 Å². The van der Waals surface area contributed by atoms with Gasteiger partial charge in [0.2, 0.25) is 5.91 Å². The number of nitrogens with one attached hydrogen (secondary N) is 1. The van der Waals surface area contributed by atoms with E-state index in [-0.39, 0.29) is 11.8 Å². The number of hydrogen-bond donors (Lipinski definition) is 1. The van der Waals surface area contributed by atoms with E-state index in [1.165, 1.54) is 30.6 Å². The first-order valence-corrected chi connectivity index (χ1v) is 11.5. The fraction of sp³-hybridized carbons (Fsp3) is 0.360. The maximum atomic E-state index is 13.3. The van der Waals surface area contributed by atoms with Crippen molar-refractivity contribution in [3.63, 3.8) is 0 Å². The molecule has 0 radical (unpaired) electrons. The standard InChI is InChI=1S/C25H28N2O2S/c1-29-22-15-9-8-14-20(22)16-21-17-26-25(30-21)27-24(28)23(18-10-4-2-5-11-18)19-12-6-3-7-13-19/h2,4-5,8-11,14-15,17,19,23H,3,6-7,12-13,16H2,1H3,(H,26,27,28). The summed E-state index contributed by atoms with van der Waals surface area (Å²) < 4.78 is 5.45. The second-order valence-electron chi connectivity index (χ2n) is 7.90. The molecule has 0 bridgehead atoms.